The van der Waals surface area contributed by atoms with Crippen LogP contribution in [0.2, 0.25) is 0 Å². The zero-order chi connectivity index (χ0) is 10.7. The SMILES string of the molecule is COC(=O)[C@H]1[C@H](C)CCC[C@H]1C(=O)O. The van der Waals surface area contributed by atoms with Crippen molar-refractivity contribution in [1.82, 2.24) is 0 Å². The molecule has 0 unspecified atom stereocenters. The van der Waals surface area contributed by atoms with Gasteiger partial charge in [-0.2, -0.15) is 0 Å². The van der Waals surface area contributed by atoms with Crippen LogP contribution in [0.3, 0.4) is 0 Å². The van der Waals surface area contributed by atoms with Crippen LogP contribution in [0, 0.1) is 17.8 Å². The fourth-order valence-electron chi connectivity index (χ4n) is 2.23. The minimum atomic E-state index is -0.882. The predicted octanol–water partition coefficient (Wildman–Crippen LogP) is 1.30. The molecule has 3 atom stereocenters. The maximum atomic E-state index is 11.4. The highest BCUT2D eigenvalue weighted by atomic mass is 16.5. The van der Waals surface area contributed by atoms with Gasteiger partial charge in [0.25, 0.3) is 0 Å². The molecule has 1 aliphatic carbocycles. The fourth-order valence-corrected chi connectivity index (χ4v) is 2.23. The highest BCUT2D eigenvalue weighted by Gasteiger charge is 2.40. The van der Waals surface area contributed by atoms with Gasteiger partial charge in [0.15, 0.2) is 0 Å². The number of carboxylic acid groups (broad SMARTS) is 1. The van der Waals surface area contributed by atoms with Crippen LogP contribution >= 0.6 is 0 Å². The van der Waals surface area contributed by atoms with E-state index in [1.54, 1.807) is 0 Å². The number of rotatable bonds is 2. The number of aliphatic carboxylic acids is 1. The molecule has 1 aliphatic rings. The molecule has 4 nitrogen and oxygen atoms in total. The lowest BCUT2D eigenvalue weighted by atomic mass is 9.73. The Hall–Kier alpha value is -1.06. The summed E-state index contributed by atoms with van der Waals surface area (Å²) in [6.45, 7) is 1.91. The van der Waals surface area contributed by atoms with Gasteiger partial charge in [0.05, 0.1) is 18.9 Å². The van der Waals surface area contributed by atoms with Crippen LogP contribution in [0.5, 0.6) is 0 Å². The third kappa shape index (κ3) is 2.05. The summed E-state index contributed by atoms with van der Waals surface area (Å²) < 4.78 is 4.64. The first-order valence-corrected chi connectivity index (χ1v) is 4.88. The first kappa shape index (κ1) is 11.0. The summed E-state index contributed by atoms with van der Waals surface area (Å²) in [4.78, 5) is 22.3. The maximum absolute atomic E-state index is 11.4. The molecule has 80 valence electrons. The van der Waals surface area contributed by atoms with Gasteiger partial charge in [-0.25, -0.2) is 0 Å². The van der Waals surface area contributed by atoms with Gasteiger partial charge in [0.1, 0.15) is 0 Å². The summed E-state index contributed by atoms with van der Waals surface area (Å²) in [7, 11) is 1.31. The number of esters is 1. The predicted molar refractivity (Wildman–Crippen MR) is 49.6 cm³/mol. The highest BCUT2D eigenvalue weighted by Crippen LogP contribution is 2.35. The van der Waals surface area contributed by atoms with E-state index < -0.39 is 17.8 Å². The Labute approximate surface area is 83.2 Å². The summed E-state index contributed by atoms with van der Waals surface area (Å²) in [6.07, 6.45) is 2.37. The molecule has 0 aliphatic heterocycles. The van der Waals surface area contributed by atoms with E-state index in [-0.39, 0.29) is 11.9 Å². The van der Waals surface area contributed by atoms with Gasteiger partial charge < -0.3 is 9.84 Å². The lowest BCUT2D eigenvalue weighted by molar-refractivity contribution is -0.160. The molecule has 0 aromatic rings. The number of hydrogen-bond donors (Lipinski definition) is 1. The topological polar surface area (TPSA) is 63.6 Å². The van der Waals surface area contributed by atoms with E-state index in [0.717, 1.165) is 12.8 Å². The highest BCUT2D eigenvalue weighted by molar-refractivity contribution is 5.81. The van der Waals surface area contributed by atoms with Crippen molar-refractivity contribution in [3.63, 3.8) is 0 Å². The molecule has 0 aromatic carbocycles. The quantitative estimate of drug-likeness (QED) is 0.682. The van der Waals surface area contributed by atoms with Gasteiger partial charge in [-0.1, -0.05) is 13.3 Å². The van der Waals surface area contributed by atoms with Gasteiger partial charge >= 0.3 is 11.9 Å². The minimum Gasteiger partial charge on any atom is -0.481 e. The molecule has 0 saturated heterocycles. The standard InChI is InChI=1S/C10H16O4/c1-6-4-3-5-7(9(11)12)8(6)10(13)14-2/h6-8H,3-5H2,1-2H3,(H,11,12)/t6-,7-,8+/m1/s1. The lowest BCUT2D eigenvalue weighted by Crippen LogP contribution is -2.38. The van der Waals surface area contributed by atoms with Crippen LogP contribution in [-0.4, -0.2) is 24.2 Å². The Balaban J connectivity index is 2.81. The van der Waals surface area contributed by atoms with Crippen LogP contribution in [-0.2, 0) is 14.3 Å². The molecule has 0 bridgehead atoms. The number of hydrogen-bond acceptors (Lipinski definition) is 3. The van der Waals surface area contributed by atoms with Crippen LogP contribution in [0.15, 0.2) is 0 Å². The van der Waals surface area contributed by atoms with Crippen LogP contribution in [0.1, 0.15) is 26.2 Å². The number of carbonyl (C=O) groups excluding carboxylic acids is 1. The largest absolute Gasteiger partial charge is 0.481 e. The molecular weight excluding hydrogens is 184 g/mol. The second kappa shape index (κ2) is 4.44. The summed E-state index contributed by atoms with van der Waals surface area (Å²) >= 11 is 0. The van der Waals surface area contributed by atoms with Crippen molar-refractivity contribution in [1.29, 1.82) is 0 Å². The Bertz CT molecular complexity index is 236. The molecule has 4 heteroatoms. The molecular formula is C10H16O4. The third-order valence-corrected chi connectivity index (χ3v) is 3.01. The Kier molecular flexibility index (Phi) is 3.49. The molecule has 0 aromatic heterocycles. The molecule has 1 rings (SSSR count). The van der Waals surface area contributed by atoms with Crippen molar-refractivity contribution >= 4 is 11.9 Å². The fraction of sp³-hybridized carbons (Fsp3) is 0.800. The molecule has 1 saturated carbocycles. The van der Waals surface area contributed by atoms with Crippen molar-refractivity contribution < 1.29 is 19.4 Å². The van der Waals surface area contributed by atoms with Gasteiger partial charge in [-0.05, 0) is 18.8 Å². The second-order valence-electron chi connectivity index (χ2n) is 3.90. The van der Waals surface area contributed by atoms with Gasteiger partial charge in [0.2, 0.25) is 0 Å². The van der Waals surface area contributed by atoms with Crippen molar-refractivity contribution in [2.75, 3.05) is 7.11 Å². The second-order valence-corrected chi connectivity index (χ2v) is 3.90. The summed E-state index contributed by atoms with van der Waals surface area (Å²) in [5.74, 6) is -2.19. The Morgan fingerprint density at radius 1 is 1.36 bits per heavy atom. The monoisotopic (exact) mass is 200 g/mol. The smallest absolute Gasteiger partial charge is 0.309 e. The maximum Gasteiger partial charge on any atom is 0.309 e. The molecule has 0 radical (unpaired) electrons. The number of ether oxygens (including phenoxy) is 1. The molecule has 0 spiro atoms. The van der Waals surface area contributed by atoms with E-state index in [2.05, 4.69) is 4.74 Å². The Morgan fingerprint density at radius 2 is 2.00 bits per heavy atom. The van der Waals surface area contributed by atoms with E-state index >= 15 is 0 Å². The van der Waals surface area contributed by atoms with Crippen molar-refractivity contribution in [2.24, 2.45) is 17.8 Å². The lowest BCUT2D eigenvalue weighted by Gasteiger charge is -2.31. The molecule has 0 heterocycles. The van der Waals surface area contributed by atoms with Crippen LogP contribution in [0.4, 0.5) is 0 Å². The van der Waals surface area contributed by atoms with Gasteiger partial charge in [0, 0.05) is 0 Å². The number of methoxy groups -OCH3 is 1. The normalized spacial score (nSPS) is 32.3. The van der Waals surface area contributed by atoms with E-state index in [0.29, 0.717) is 6.42 Å². The summed E-state index contributed by atoms with van der Waals surface area (Å²) in [5.41, 5.74) is 0. The van der Waals surface area contributed by atoms with E-state index in [1.807, 2.05) is 6.92 Å². The zero-order valence-electron chi connectivity index (χ0n) is 8.53. The zero-order valence-corrected chi connectivity index (χ0v) is 8.53. The van der Waals surface area contributed by atoms with Crippen LogP contribution in [0.25, 0.3) is 0 Å². The van der Waals surface area contributed by atoms with Crippen LogP contribution < -0.4 is 0 Å². The molecule has 1 fully saturated rings. The van der Waals surface area contributed by atoms with E-state index in [4.69, 9.17) is 5.11 Å². The average Bonchev–Trinajstić information content (AvgIpc) is 2.16. The number of carboxylic acids is 1. The summed E-state index contributed by atoms with van der Waals surface area (Å²) in [6, 6.07) is 0. The minimum absolute atomic E-state index is 0.109. The van der Waals surface area contributed by atoms with E-state index in [1.165, 1.54) is 7.11 Å². The molecule has 0 amide bonds. The first-order chi connectivity index (χ1) is 6.57. The van der Waals surface area contributed by atoms with Gasteiger partial charge in [-0.3, -0.25) is 9.59 Å². The van der Waals surface area contributed by atoms with Crippen molar-refractivity contribution in [3.8, 4) is 0 Å². The van der Waals surface area contributed by atoms with Gasteiger partial charge in [-0.15, -0.1) is 0 Å². The third-order valence-electron chi connectivity index (χ3n) is 3.01. The van der Waals surface area contributed by atoms with Crippen molar-refractivity contribution in [2.45, 2.75) is 26.2 Å². The molecule has 14 heavy (non-hydrogen) atoms. The summed E-state index contributed by atoms with van der Waals surface area (Å²) in [5, 5.41) is 8.96. The van der Waals surface area contributed by atoms with Crippen molar-refractivity contribution in [3.05, 3.63) is 0 Å². The van der Waals surface area contributed by atoms with E-state index in [9.17, 15) is 9.59 Å². The average molecular weight is 200 g/mol. The first-order valence-electron chi connectivity index (χ1n) is 4.88. The Morgan fingerprint density at radius 3 is 2.50 bits per heavy atom. The number of carbonyl (C=O) groups is 2. The molecule has 1 N–H and O–H groups in total.